The Kier molecular flexibility index (Phi) is 6.30. The van der Waals surface area contributed by atoms with Crippen LogP contribution < -0.4 is 39.3 Å². The first-order valence-corrected chi connectivity index (χ1v) is 3.22. The van der Waals surface area contributed by atoms with Gasteiger partial charge in [-0.3, -0.25) is 0 Å². The minimum atomic E-state index is -4.42. The average molecular weight is 138 g/mol. The molecule has 0 amide bonds. The van der Waals surface area contributed by atoms with Crippen molar-refractivity contribution in [1.82, 2.24) is 0 Å². The van der Waals surface area contributed by atoms with Crippen LogP contribution >= 0.6 is 18.5 Å². The van der Waals surface area contributed by atoms with Gasteiger partial charge in [0.05, 0.1) is 0 Å². The van der Waals surface area contributed by atoms with Crippen LogP contribution in [0.15, 0.2) is 0 Å². The predicted molar refractivity (Wildman–Crippen MR) is 15.0 cm³/mol. The first kappa shape index (κ1) is 10.6. The molecule has 0 fully saturated rings. The third kappa shape index (κ3) is 46.3. The molecule has 1 N–H and O–H groups in total. The van der Waals surface area contributed by atoms with Crippen LogP contribution in [0.2, 0.25) is 0 Å². The van der Waals surface area contributed by atoms with E-state index in [1.807, 2.05) is 0 Å². The van der Waals surface area contributed by atoms with E-state index in [0.717, 1.165) is 0 Å². The second-order valence-electron chi connectivity index (χ2n) is 0.451. The molecule has 0 unspecified atom stereocenters. The first-order valence-electron chi connectivity index (χ1n) is 0.734. The second kappa shape index (κ2) is 3.58. The van der Waals surface area contributed by atoms with E-state index in [1.54, 1.807) is 0 Å². The monoisotopic (exact) mass is 138 g/mol. The van der Waals surface area contributed by atoms with Gasteiger partial charge >= 0.3 is 29.6 Å². The fraction of sp³-hybridized carbons (Fsp3) is 0. The maximum absolute atomic E-state index is 8.98. The van der Waals surface area contributed by atoms with Crippen molar-refractivity contribution in [3.8, 4) is 0 Å². The molecule has 0 radical (unpaired) electrons. The summed E-state index contributed by atoms with van der Waals surface area (Å²) >= 11 is 4.09. The zero-order valence-electron chi connectivity index (χ0n) is 3.09. The molecule has 0 aromatic carbocycles. The fourth-order valence-corrected chi connectivity index (χ4v) is 0. The summed E-state index contributed by atoms with van der Waals surface area (Å²) < 4.78 is 0. The molecule has 6 heavy (non-hydrogen) atoms. The first-order chi connectivity index (χ1) is 2.00. The van der Waals surface area contributed by atoms with E-state index in [1.165, 1.54) is 0 Å². The molecule has 0 atom stereocenters. The second-order valence-corrected chi connectivity index (χ2v) is 2.64. The van der Waals surface area contributed by atoms with E-state index < -0.39 is 7.30 Å². The Hall–Kier alpha value is 1.60. The Bertz CT molecular complexity index is 26.3. The van der Waals surface area contributed by atoms with Gasteiger partial charge in [0.25, 0.3) is 0 Å². The van der Waals surface area contributed by atoms with E-state index in [-0.39, 0.29) is 29.6 Å². The fourth-order valence-electron chi connectivity index (χ4n) is 0. The summed E-state index contributed by atoms with van der Waals surface area (Å²) in [4.78, 5) is 25.2. The maximum Gasteiger partial charge on any atom is 1.00 e. The van der Waals surface area contributed by atoms with Crippen LogP contribution in [0.4, 0.5) is 0 Å². The Balaban J connectivity index is 0. The smallest absolute Gasteiger partial charge is 0.645 e. The largest absolute Gasteiger partial charge is 1.00 e. The Morgan fingerprint density at radius 1 is 1.50 bits per heavy atom. The van der Waals surface area contributed by atoms with E-state index in [2.05, 4.69) is 11.2 Å². The minimum absolute atomic E-state index is 0. The summed E-state index contributed by atoms with van der Waals surface area (Å²) in [5.74, 6) is 0. The van der Waals surface area contributed by atoms with Crippen molar-refractivity contribution in [2.24, 2.45) is 0 Å². The molecule has 0 rings (SSSR count). The van der Waals surface area contributed by atoms with Crippen LogP contribution in [0.1, 0.15) is 0 Å². The molecular weight excluding hydrogens is 137 g/mol. The van der Waals surface area contributed by atoms with Crippen molar-refractivity contribution in [3.05, 3.63) is 0 Å². The van der Waals surface area contributed by atoms with Gasteiger partial charge in [-0.25, -0.2) is 4.89 Å². The molecule has 32 valence electrons. The number of halogens is 1. The minimum Gasteiger partial charge on any atom is -0.645 e. The standard InChI is InChI=1S/ClH2O3P.Na/c1-5(2,3)4;/h(H2,2,3,4);/q;+1/p-1. The van der Waals surface area contributed by atoms with Gasteiger partial charge in [-0.1, -0.05) is 0 Å². The van der Waals surface area contributed by atoms with Gasteiger partial charge in [0.1, 0.15) is 11.2 Å². The molecule has 0 aliphatic heterocycles. The van der Waals surface area contributed by atoms with Crippen LogP contribution in [-0.4, -0.2) is 4.89 Å². The van der Waals surface area contributed by atoms with Gasteiger partial charge in [-0.15, -0.1) is 0 Å². The van der Waals surface area contributed by atoms with E-state index in [4.69, 9.17) is 14.7 Å². The molecule has 0 aliphatic carbocycles. The SMILES string of the molecule is [Na+].[O-][P+]([O-])(O)Cl. The molecule has 0 aromatic rings. The van der Waals surface area contributed by atoms with Gasteiger partial charge < -0.3 is 9.79 Å². The Morgan fingerprint density at radius 3 is 1.50 bits per heavy atom. The Labute approximate surface area is 62.6 Å². The molecule has 0 spiro atoms. The summed E-state index contributed by atoms with van der Waals surface area (Å²) in [6, 6.07) is 0. The van der Waals surface area contributed by atoms with Gasteiger partial charge in [0.15, 0.2) is 7.30 Å². The quantitative estimate of drug-likeness (QED) is 0.272. The molecule has 3 nitrogen and oxygen atoms in total. The van der Waals surface area contributed by atoms with Gasteiger partial charge in [0.2, 0.25) is 0 Å². The molecule has 0 saturated heterocycles. The third-order valence-corrected chi connectivity index (χ3v) is 0. The predicted octanol–water partition coefficient (Wildman–Crippen LogP) is -4.38. The van der Waals surface area contributed by atoms with Crippen LogP contribution in [0, 0.1) is 0 Å². The third-order valence-electron chi connectivity index (χ3n) is 0. The van der Waals surface area contributed by atoms with Gasteiger partial charge in [-0.05, 0) is 0 Å². The molecule has 6 heteroatoms. The van der Waals surface area contributed by atoms with Gasteiger partial charge in [0, 0.05) is 0 Å². The molecule has 0 aliphatic rings. The summed E-state index contributed by atoms with van der Waals surface area (Å²) in [6.07, 6.45) is 0. The van der Waals surface area contributed by atoms with Crippen LogP contribution in [-0.2, 0) is 0 Å². The van der Waals surface area contributed by atoms with Crippen LogP contribution in [0.25, 0.3) is 0 Å². The summed E-state index contributed by atoms with van der Waals surface area (Å²) in [6.45, 7) is 0. The summed E-state index contributed by atoms with van der Waals surface area (Å²) in [5.41, 5.74) is 0. The van der Waals surface area contributed by atoms with Crippen LogP contribution in [0.3, 0.4) is 0 Å². The van der Waals surface area contributed by atoms with Crippen molar-refractivity contribution in [3.63, 3.8) is 0 Å². The van der Waals surface area contributed by atoms with E-state index >= 15 is 0 Å². The van der Waals surface area contributed by atoms with Gasteiger partial charge in [-0.2, -0.15) is 0 Å². The number of rotatable bonds is 0. The van der Waals surface area contributed by atoms with Crippen molar-refractivity contribution in [1.29, 1.82) is 0 Å². The molecule has 0 aromatic heterocycles. The normalized spacial score (nSPS) is 10.0. The van der Waals surface area contributed by atoms with E-state index in [9.17, 15) is 0 Å². The van der Waals surface area contributed by atoms with Crippen molar-refractivity contribution in [2.45, 2.75) is 0 Å². The van der Waals surface area contributed by atoms with Crippen molar-refractivity contribution in [2.75, 3.05) is 0 Å². The number of hydrogen-bond acceptors (Lipinski definition) is 3. The average Bonchev–Trinajstić information content (AvgIpc) is 0.722. The van der Waals surface area contributed by atoms with E-state index in [0.29, 0.717) is 0 Å². The van der Waals surface area contributed by atoms with Crippen molar-refractivity contribution < 1.29 is 44.2 Å². The Morgan fingerprint density at radius 2 is 1.50 bits per heavy atom. The molecule has 0 bridgehead atoms. The van der Waals surface area contributed by atoms with Crippen molar-refractivity contribution >= 4 is 18.5 Å². The summed E-state index contributed by atoms with van der Waals surface area (Å²) in [5, 5.41) is 0. The zero-order chi connectivity index (χ0) is 4.50. The maximum atomic E-state index is 8.98. The topological polar surface area (TPSA) is 66.3 Å². The van der Waals surface area contributed by atoms with Crippen LogP contribution in [0.5, 0.6) is 0 Å². The summed E-state index contributed by atoms with van der Waals surface area (Å²) in [7, 11) is -4.42. The zero-order valence-corrected chi connectivity index (χ0v) is 6.74. The molecule has 0 heterocycles. The molecular formula is HClNaO3P. The number of hydrogen-bond donors (Lipinski definition) is 1. The molecule has 0 saturated carbocycles.